The van der Waals surface area contributed by atoms with Crippen LogP contribution >= 0.6 is 0 Å². The second-order valence-corrected chi connectivity index (χ2v) is 8.93. The highest BCUT2D eigenvalue weighted by Crippen LogP contribution is 2.41. The first-order valence-corrected chi connectivity index (χ1v) is 11.6. The molecule has 0 bridgehead atoms. The van der Waals surface area contributed by atoms with E-state index in [1.807, 2.05) is 24.9 Å². The Labute approximate surface area is 192 Å². The highest BCUT2D eigenvalue weighted by Gasteiger charge is 2.30. The van der Waals surface area contributed by atoms with E-state index in [9.17, 15) is 0 Å². The standard InChI is InChI=1S/C27H27N5O/c1-18-26(31(2)30-29-18)21-16-24-25(28-17-21)22-10-6-7-11-23(22)32(24)27(19-8-4-3-5-9-19)20-12-14-33-15-13-20/h3-11,16-17,20,27H,12-15H2,1-2H3/t27-/m1/s1. The third kappa shape index (κ3) is 3.33. The van der Waals surface area contributed by atoms with Crippen molar-refractivity contribution in [2.75, 3.05) is 13.2 Å². The van der Waals surface area contributed by atoms with E-state index in [0.717, 1.165) is 54.0 Å². The van der Waals surface area contributed by atoms with Gasteiger partial charge in [0.25, 0.3) is 0 Å². The molecule has 5 aromatic rings. The van der Waals surface area contributed by atoms with Gasteiger partial charge in [0, 0.05) is 37.4 Å². The van der Waals surface area contributed by atoms with Crippen LogP contribution in [0.1, 0.15) is 30.1 Å². The lowest BCUT2D eigenvalue weighted by atomic mass is 9.86. The number of pyridine rings is 1. The first kappa shape index (κ1) is 20.1. The van der Waals surface area contributed by atoms with Gasteiger partial charge in [0.1, 0.15) is 0 Å². The summed E-state index contributed by atoms with van der Waals surface area (Å²) in [6, 6.07) is 22.0. The van der Waals surface area contributed by atoms with Crippen LogP contribution in [0.2, 0.25) is 0 Å². The normalized spacial score (nSPS) is 15.9. The number of rotatable bonds is 4. The molecule has 1 aliphatic rings. The number of aromatic nitrogens is 5. The number of fused-ring (bicyclic) bond motifs is 3. The topological polar surface area (TPSA) is 57.8 Å². The Hall–Kier alpha value is -3.51. The molecule has 0 amide bonds. The Morgan fingerprint density at radius 1 is 0.970 bits per heavy atom. The maximum absolute atomic E-state index is 5.73. The zero-order chi connectivity index (χ0) is 22.4. The molecule has 0 radical (unpaired) electrons. The van der Waals surface area contributed by atoms with E-state index in [2.05, 4.69) is 75.5 Å². The van der Waals surface area contributed by atoms with Gasteiger partial charge < -0.3 is 9.30 Å². The minimum Gasteiger partial charge on any atom is -0.381 e. The number of benzene rings is 2. The molecule has 0 spiro atoms. The van der Waals surface area contributed by atoms with Crippen LogP contribution in [0.3, 0.4) is 0 Å². The monoisotopic (exact) mass is 437 g/mol. The maximum Gasteiger partial charge on any atom is 0.0960 e. The van der Waals surface area contributed by atoms with E-state index >= 15 is 0 Å². The minimum atomic E-state index is 0.209. The lowest BCUT2D eigenvalue weighted by molar-refractivity contribution is 0.0553. The molecule has 0 unspecified atom stereocenters. The summed E-state index contributed by atoms with van der Waals surface area (Å²) in [5.41, 5.74) is 7.68. The first-order chi connectivity index (χ1) is 16.2. The number of hydrogen-bond donors (Lipinski definition) is 0. The molecule has 6 nitrogen and oxygen atoms in total. The molecule has 6 heteroatoms. The van der Waals surface area contributed by atoms with Gasteiger partial charge in [0.2, 0.25) is 0 Å². The predicted molar refractivity (Wildman–Crippen MR) is 130 cm³/mol. The lowest BCUT2D eigenvalue weighted by Crippen LogP contribution is -2.26. The fourth-order valence-corrected chi connectivity index (χ4v) is 5.46. The molecular weight excluding hydrogens is 410 g/mol. The van der Waals surface area contributed by atoms with Crippen LogP contribution in [0.4, 0.5) is 0 Å². The summed E-state index contributed by atoms with van der Waals surface area (Å²) in [6.07, 6.45) is 4.05. The highest BCUT2D eigenvalue weighted by atomic mass is 16.5. The first-order valence-electron chi connectivity index (χ1n) is 11.6. The van der Waals surface area contributed by atoms with Crippen LogP contribution in [0.15, 0.2) is 66.9 Å². The number of aryl methyl sites for hydroxylation is 2. The molecule has 1 saturated heterocycles. The summed E-state index contributed by atoms with van der Waals surface area (Å²) >= 11 is 0. The van der Waals surface area contributed by atoms with Crippen molar-refractivity contribution < 1.29 is 4.74 Å². The molecular formula is C27H27N5O. The van der Waals surface area contributed by atoms with Gasteiger partial charge in [-0.25, -0.2) is 4.68 Å². The number of para-hydroxylation sites is 1. The van der Waals surface area contributed by atoms with Crippen LogP contribution in [0.25, 0.3) is 33.2 Å². The molecule has 0 N–H and O–H groups in total. The Bertz CT molecular complexity index is 1410. The SMILES string of the molecule is Cc1nnn(C)c1-c1cnc2c3ccccc3n([C@H](c3ccccc3)C3CCOCC3)c2c1. The average molecular weight is 438 g/mol. The van der Waals surface area contributed by atoms with Gasteiger partial charge in [0.15, 0.2) is 0 Å². The summed E-state index contributed by atoms with van der Waals surface area (Å²) in [6.45, 7) is 3.62. The quantitative estimate of drug-likeness (QED) is 0.382. The molecule has 0 saturated carbocycles. The van der Waals surface area contributed by atoms with Crippen LogP contribution in [-0.4, -0.2) is 37.8 Å². The summed E-state index contributed by atoms with van der Waals surface area (Å²) in [5.74, 6) is 0.490. The number of nitrogens with zero attached hydrogens (tertiary/aromatic N) is 5. The van der Waals surface area contributed by atoms with Crippen LogP contribution in [0, 0.1) is 12.8 Å². The Kier molecular flexibility index (Phi) is 4.95. The Morgan fingerprint density at radius 3 is 2.48 bits per heavy atom. The fraction of sp³-hybridized carbons (Fsp3) is 0.296. The molecule has 1 fully saturated rings. The van der Waals surface area contributed by atoms with Gasteiger partial charge in [-0.05, 0) is 43.4 Å². The molecule has 6 rings (SSSR count). The molecule has 1 aliphatic heterocycles. The molecule has 33 heavy (non-hydrogen) atoms. The van der Waals surface area contributed by atoms with E-state index in [1.54, 1.807) is 0 Å². The van der Waals surface area contributed by atoms with Crippen molar-refractivity contribution in [2.45, 2.75) is 25.8 Å². The van der Waals surface area contributed by atoms with Gasteiger partial charge in [-0.3, -0.25) is 4.98 Å². The summed E-state index contributed by atoms with van der Waals surface area (Å²) in [7, 11) is 1.93. The smallest absolute Gasteiger partial charge is 0.0960 e. The van der Waals surface area contributed by atoms with Crippen molar-refractivity contribution in [3.8, 4) is 11.3 Å². The van der Waals surface area contributed by atoms with Gasteiger partial charge in [-0.1, -0.05) is 53.7 Å². The van der Waals surface area contributed by atoms with Crippen LogP contribution < -0.4 is 0 Å². The molecule has 166 valence electrons. The molecule has 4 heterocycles. The zero-order valence-corrected chi connectivity index (χ0v) is 19.0. The maximum atomic E-state index is 5.73. The number of hydrogen-bond acceptors (Lipinski definition) is 4. The number of ether oxygens (including phenoxy) is 1. The van der Waals surface area contributed by atoms with E-state index in [-0.39, 0.29) is 6.04 Å². The second kappa shape index (κ2) is 8.12. The van der Waals surface area contributed by atoms with Crippen molar-refractivity contribution >= 4 is 21.9 Å². The summed E-state index contributed by atoms with van der Waals surface area (Å²) < 4.78 is 10.1. The lowest BCUT2D eigenvalue weighted by Gasteiger charge is -2.33. The average Bonchev–Trinajstić information content (AvgIpc) is 3.37. The zero-order valence-electron chi connectivity index (χ0n) is 19.0. The third-order valence-electron chi connectivity index (χ3n) is 6.95. The van der Waals surface area contributed by atoms with Crippen molar-refractivity contribution in [2.24, 2.45) is 13.0 Å². The van der Waals surface area contributed by atoms with Gasteiger partial charge in [-0.15, -0.1) is 5.10 Å². The predicted octanol–water partition coefficient (Wildman–Crippen LogP) is 5.31. The van der Waals surface area contributed by atoms with Crippen LogP contribution in [-0.2, 0) is 11.8 Å². The van der Waals surface area contributed by atoms with E-state index in [0.29, 0.717) is 5.92 Å². The van der Waals surface area contributed by atoms with Crippen molar-refractivity contribution in [1.29, 1.82) is 0 Å². The third-order valence-corrected chi connectivity index (χ3v) is 6.95. The van der Waals surface area contributed by atoms with Crippen LogP contribution in [0.5, 0.6) is 0 Å². The van der Waals surface area contributed by atoms with E-state index in [1.165, 1.54) is 16.5 Å². The highest BCUT2D eigenvalue weighted by molar-refractivity contribution is 6.06. The largest absolute Gasteiger partial charge is 0.381 e. The summed E-state index contributed by atoms with van der Waals surface area (Å²) in [5, 5.41) is 9.66. The molecule has 0 aliphatic carbocycles. The van der Waals surface area contributed by atoms with E-state index in [4.69, 9.17) is 9.72 Å². The van der Waals surface area contributed by atoms with Gasteiger partial charge >= 0.3 is 0 Å². The Morgan fingerprint density at radius 2 is 1.73 bits per heavy atom. The minimum absolute atomic E-state index is 0.209. The van der Waals surface area contributed by atoms with Crippen molar-refractivity contribution in [3.63, 3.8) is 0 Å². The van der Waals surface area contributed by atoms with E-state index < -0.39 is 0 Å². The molecule has 2 aromatic carbocycles. The Balaban J connectivity index is 1.65. The van der Waals surface area contributed by atoms with Crippen molar-refractivity contribution in [3.05, 3.63) is 78.1 Å². The molecule has 1 atom stereocenters. The van der Waals surface area contributed by atoms with Gasteiger partial charge in [0.05, 0.1) is 34.0 Å². The van der Waals surface area contributed by atoms with Gasteiger partial charge in [-0.2, -0.15) is 0 Å². The fourth-order valence-electron chi connectivity index (χ4n) is 5.46. The summed E-state index contributed by atoms with van der Waals surface area (Å²) in [4.78, 5) is 4.97. The van der Waals surface area contributed by atoms with Crippen molar-refractivity contribution in [1.82, 2.24) is 24.5 Å². The second-order valence-electron chi connectivity index (χ2n) is 8.93. The molecule has 3 aromatic heterocycles.